The van der Waals surface area contributed by atoms with Gasteiger partial charge in [0.2, 0.25) is 10.0 Å². The van der Waals surface area contributed by atoms with Crippen LogP contribution in [0, 0.1) is 5.82 Å². The minimum Gasteiger partial charge on any atom is -0.484 e. The number of benzene rings is 2. The Morgan fingerprint density at radius 3 is 2.46 bits per heavy atom. The fourth-order valence-corrected chi connectivity index (χ4v) is 4.55. The molecule has 1 saturated heterocycles. The second-order valence-electron chi connectivity index (χ2n) is 6.50. The number of piperazine rings is 1. The number of carbonyl (C=O) groups is 1. The largest absolute Gasteiger partial charge is 0.484 e. The molecule has 0 radical (unpaired) electrons. The van der Waals surface area contributed by atoms with Crippen LogP contribution in [0.1, 0.15) is 12.5 Å². The average Bonchev–Trinajstić information content (AvgIpc) is 2.72. The van der Waals surface area contributed by atoms with Crippen molar-refractivity contribution in [1.29, 1.82) is 0 Å². The van der Waals surface area contributed by atoms with Crippen LogP contribution in [0.3, 0.4) is 0 Å². The summed E-state index contributed by atoms with van der Waals surface area (Å²) in [6.07, 6.45) is 0.879. The van der Waals surface area contributed by atoms with Crippen molar-refractivity contribution < 1.29 is 22.3 Å². The Balaban J connectivity index is 1.56. The fourth-order valence-electron chi connectivity index (χ4n) is 3.06. The van der Waals surface area contributed by atoms with E-state index in [1.54, 1.807) is 11.0 Å². The molecule has 0 aromatic heterocycles. The van der Waals surface area contributed by atoms with Gasteiger partial charge in [-0.15, -0.1) is 0 Å². The quantitative estimate of drug-likeness (QED) is 0.738. The molecule has 1 aliphatic heterocycles. The Hall–Kier alpha value is -2.45. The number of sulfonamides is 1. The molecule has 0 unspecified atom stereocenters. The number of halogens is 1. The number of carbonyl (C=O) groups excluding carboxylic acids is 1. The van der Waals surface area contributed by atoms with Crippen LogP contribution >= 0.6 is 0 Å². The van der Waals surface area contributed by atoms with Crippen LogP contribution in [0.5, 0.6) is 5.75 Å². The summed E-state index contributed by atoms with van der Waals surface area (Å²) in [5, 5.41) is 0. The van der Waals surface area contributed by atoms with E-state index in [4.69, 9.17) is 4.74 Å². The van der Waals surface area contributed by atoms with Crippen molar-refractivity contribution in [3.8, 4) is 5.75 Å². The van der Waals surface area contributed by atoms with Crippen molar-refractivity contribution in [2.24, 2.45) is 0 Å². The second kappa shape index (κ2) is 8.70. The maximum absolute atomic E-state index is 13.9. The smallest absolute Gasteiger partial charge is 0.260 e. The molecule has 2 aromatic rings. The normalized spacial score (nSPS) is 15.4. The Labute approximate surface area is 164 Å². The first-order valence-electron chi connectivity index (χ1n) is 9.16. The van der Waals surface area contributed by atoms with E-state index in [9.17, 15) is 17.6 Å². The van der Waals surface area contributed by atoms with Gasteiger partial charge in [0.1, 0.15) is 16.5 Å². The van der Waals surface area contributed by atoms with E-state index in [0.717, 1.165) is 18.1 Å². The lowest BCUT2D eigenvalue weighted by molar-refractivity contribution is -0.134. The van der Waals surface area contributed by atoms with Gasteiger partial charge in [-0.2, -0.15) is 4.31 Å². The molecule has 0 N–H and O–H groups in total. The van der Waals surface area contributed by atoms with Crippen LogP contribution in [0.25, 0.3) is 0 Å². The van der Waals surface area contributed by atoms with Gasteiger partial charge in [0, 0.05) is 26.2 Å². The van der Waals surface area contributed by atoms with Gasteiger partial charge >= 0.3 is 0 Å². The SMILES string of the molecule is CCc1cccc(OCC(=O)N2CCN(S(=O)(=O)c3ccccc3F)CC2)c1. The highest BCUT2D eigenvalue weighted by molar-refractivity contribution is 7.89. The van der Waals surface area contributed by atoms with Crippen molar-refractivity contribution >= 4 is 15.9 Å². The number of aryl methyl sites for hydroxylation is 1. The van der Waals surface area contributed by atoms with Crippen molar-refractivity contribution in [2.75, 3.05) is 32.8 Å². The number of hydrogen-bond acceptors (Lipinski definition) is 4. The van der Waals surface area contributed by atoms with Gasteiger partial charge in [-0.1, -0.05) is 31.2 Å². The Kier molecular flexibility index (Phi) is 6.31. The highest BCUT2D eigenvalue weighted by atomic mass is 32.2. The van der Waals surface area contributed by atoms with Crippen LogP contribution in [-0.2, 0) is 21.2 Å². The van der Waals surface area contributed by atoms with Gasteiger partial charge in [-0.05, 0) is 36.2 Å². The molecule has 0 aliphatic carbocycles. The molecule has 1 heterocycles. The summed E-state index contributed by atoms with van der Waals surface area (Å²) in [5.41, 5.74) is 1.12. The summed E-state index contributed by atoms with van der Waals surface area (Å²) in [6.45, 7) is 2.66. The van der Waals surface area contributed by atoms with E-state index in [1.165, 1.54) is 22.5 Å². The molecular formula is C20H23FN2O4S. The third kappa shape index (κ3) is 4.51. The van der Waals surface area contributed by atoms with E-state index in [-0.39, 0.29) is 43.6 Å². The number of ether oxygens (including phenoxy) is 1. The molecule has 0 bridgehead atoms. The molecule has 0 atom stereocenters. The number of amides is 1. The second-order valence-corrected chi connectivity index (χ2v) is 8.41. The van der Waals surface area contributed by atoms with Crippen LogP contribution in [0.4, 0.5) is 4.39 Å². The van der Waals surface area contributed by atoms with Crippen molar-refractivity contribution in [2.45, 2.75) is 18.2 Å². The summed E-state index contributed by atoms with van der Waals surface area (Å²) in [7, 11) is -3.92. The highest BCUT2D eigenvalue weighted by Crippen LogP contribution is 2.20. The lowest BCUT2D eigenvalue weighted by atomic mass is 10.2. The van der Waals surface area contributed by atoms with E-state index in [1.807, 2.05) is 25.1 Å². The summed E-state index contributed by atoms with van der Waals surface area (Å²) in [6, 6.07) is 12.9. The number of hydrogen-bond donors (Lipinski definition) is 0. The third-order valence-corrected chi connectivity index (χ3v) is 6.65. The lowest BCUT2D eigenvalue weighted by Crippen LogP contribution is -2.51. The molecule has 1 fully saturated rings. The number of nitrogens with zero attached hydrogens (tertiary/aromatic N) is 2. The number of rotatable bonds is 6. The molecule has 6 nitrogen and oxygen atoms in total. The average molecular weight is 406 g/mol. The molecule has 0 saturated carbocycles. The summed E-state index contributed by atoms with van der Waals surface area (Å²) >= 11 is 0. The standard InChI is InChI=1S/C20H23FN2O4S/c1-2-16-6-5-7-17(14-16)27-15-20(24)22-10-12-23(13-11-22)28(25,26)19-9-4-3-8-18(19)21/h3-9,14H,2,10-13,15H2,1H3. The highest BCUT2D eigenvalue weighted by Gasteiger charge is 2.31. The minimum atomic E-state index is -3.92. The summed E-state index contributed by atoms with van der Waals surface area (Å²) in [5.74, 6) is -0.345. The van der Waals surface area contributed by atoms with Gasteiger partial charge in [-0.25, -0.2) is 12.8 Å². The molecule has 1 amide bonds. The first kappa shape index (κ1) is 20.3. The lowest BCUT2D eigenvalue weighted by Gasteiger charge is -2.34. The van der Waals surface area contributed by atoms with E-state index < -0.39 is 15.8 Å². The van der Waals surface area contributed by atoms with Crippen molar-refractivity contribution in [3.05, 3.63) is 59.9 Å². The van der Waals surface area contributed by atoms with Gasteiger partial charge in [0.15, 0.2) is 6.61 Å². The maximum Gasteiger partial charge on any atom is 0.260 e. The van der Waals surface area contributed by atoms with Crippen molar-refractivity contribution in [3.63, 3.8) is 0 Å². The predicted molar refractivity (Wildman–Crippen MR) is 103 cm³/mol. The van der Waals surface area contributed by atoms with Crippen LogP contribution < -0.4 is 4.74 Å². The Morgan fingerprint density at radius 1 is 1.07 bits per heavy atom. The van der Waals surface area contributed by atoms with E-state index in [2.05, 4.69) is 0 Å². The summed E-state index contributed by atoms with van der Waals surface area (Å²) in [4.78, 5) is 13.6. The Bertz CT molecular complexity index is 941. The van der Waals surface area contributed by atoms with Gasteiger partial charge in [-0.3, -0.25) is 4.79 Å². The molecule has 150 valence electrons. The van der Waals surface area contributed by atoms with E-state index >= 15 is 0 Å². The third-order valence-electron chi connectivity index (χ3n) is 4.71. The topological polar surface area (TPSA) is 66.9 Å². The van der Waals surface area contributed by atoms with Gasteiger partial charge in [0.25, 0.3) is 5.91 Å². The summed E-state index contributed by atoms with van der Waals surface area (Å²) < 4.78 is 45.9. The molecular weight excluding hydrogens is 383 g/mol. The van der Waals surface area contributed by atoms with E-state index in [0.29, 0.717) is 5.75 Å². The maximum atomic E-state index is 13.9. The zero-order valence-corrected chi connectivity index (χ0v) is 16.5. The van der Waals surface area contributed by atoms with Gasteiger partial charge in [0.05, 0.1) is 0 Å². The minimum absolute atomic E-state index is 0.104. The zero-order chi connectivity index (χ0) is 20.1. The van der Waals surface area contributed by atoms with Crippen molar-refractivity contribution in [1.82, 2.24) is 9.21 Å². The molecule has 2 aromatic carbocycles. The molecule has 8 heteroatoms. The van der Waals surface area contributed by atoms with Gasteiger partial charge < -0.3 is 9.64 Å². The Morgan fingerprint density at radius 2 is 1.79 bits per heavy atom. The molecule has 28 heavy (non-hydrogen) atoms. The van der Waals surface area contributed by atoms with Crippen LogP contribution in [-0.4, -0.2) is 56.3 Å². The molecule has 0 spiro atoms. The fraction of sp³-hybridized carbons (Fsp3) is 0.350. The predicted octanol–water partition coefficient (Wildman–Crippen LogP) is 2.30. The van der Waals surface area contributed by atoms with Crippen LogP contribution in [0.2, 0.25) is 0 Å². The first-order valence-corrected chi connectivity index (χ1v) is 10.6. The zero-order valence-electron chi connectivity index (χ0n) is 15.7. The molecule has 3 rings (SSSR count). The monoisotopic (exact) mass is 406 g/mol. The van der Waals surface area contributed by atoms with Crippen LogP contribution in [0.15, 0.2) is 53.4 Å². The molecule has 1 aliphatic rings. The first-order chi connectivity index (χ1) is 13.4.